The Hall–Kier alpha value is -2.49. The molecule has 2 rings (SSSR count). The van der Waals surface area contributed by atoms with E-state index in [2.05, 4.69) is 4.98 Å². The maximum Gasteiger partial charge on any atom is 0.314 e. The quantitative estimate of drug-likeness (QED) is 0.481. The molecule has 0 atom stereocenters. The molecule has 4 heteroatoms. The summed E-state index contributed by atoms with van der Waals surface area (Å²) >= 11 is 0. The Labute approximate surface area is 136 Å². The monoisotopic (exact) mass is 311 g/mol. The van der Waals surface area contributed by atoms with Gasteiger partial charge in [-0.3, -0.25) is 14.6 Å². The van der Waals surface area contributed by atoms with E-state index in [-0.39, 0.29) is 12.2 Å². The minimum atomic E-state index is -0.588. The first kappa shape index (κ1) is 16.9. The number of carbonyl (C=O) groups excluding carboxylic acids is 2. The summed E-state index contributed by atoms with van der Waals surface area (Å²) in [7, 11) is 0. The van der Waals surface area contributed by atoms with Crippen molar-refractivity contribution < 1.29 is 14.3 Å². The van der Waals surface area contributed by atoms with E-state index >= 15 is 0 Å². The second-order valence-electron chi connectivity index (χ2n) is 6.39. The third-order valence-electron chi connectivity index (χ3n) is 3.10. The van der Waals surface area contributed by atoms with Crippen LogP contribution in [0.4, 0.5) is 0 Å². The number of hydrogen-bond acceptors (Lipinski definition) is 4. The van der Waals surface area contributed by atoms with Gasteiger partial charge in [-0.1, -0.05) is 30.3 Å². The number of Topliss-reactive ketones (excluding diaryl/α,β-unsaturated/α-hetero) is 1. The molecule has 1 aromatic heterocycles. The number of carbonyl (C=O) groups is 2. The van der Waals surface area contributed by atoms with Crippen LogP contribution in [0.5, 0.6) is 0 Å². The average molecular weight is 311 g/mol. The first-order chi connectivity index (χ1) is 10.8. The third-order valence-corrected chi connectivity index (χ3v) is 3.10. The molecule has 0 unspecified atom stereocenters. The van der Waals surface area contributed by atoms with E-state index in [1.807, 2.05) is 36.4 Å². The Morgan fingerprint density at radius 3 is 2.30 bits per heavy atom. The molecule has 0 radical (unpaired) electrons. The molecule has 23 heavy (non-hydrogen) atoms. The van der Waals surface area contributed by atoms with E-state index in [1.54, 1.807) is 26.8 Å². The fourth-order valence-corrected chi connectivity index (χ4v) is 2.11. The maximum atomic E-state index is 12.1. The Morgan fingerprint density at radius 2 is 1.74 bits per heavy atom. The number of pyridine rings is 1. The lowest BCUT2D eigenvalue weighted by molar-refractivity contribution is -0.153. The highest BCUT2D eigenvalue weighted by molar-refractivity contribution is 6.05. The van der Waals surface area contributed by atoms with Crippen LogP contribution in [0, 0.1) is 0 Å². The van der Waals surface area contributed by atoms with Gasteiger partial charge in [0, 0.05) is 23.9 Å². The molecule has 1 aromatic carbocycles. The number of benzene rings is 1. The van der Waals surface area contributed by atoms with Gasteiger partial charge in [0.05, 0.1) is 0 Å². The van der Waals surface area contributed by atoms with Gasteiger partial charge in [0.25, 0.3) is 0 Å². The van der Waals surface area contributed by atoms with E-state index in [9.17, 15) is 9.59 Å². The van der Waals surface area contributed by atoms with Crippen molar-refractivity contribution in [3.05, 3.63) is 65.5 Å². The molecule has 0 N–H and O–H groups in total. The maximum absolute atomic E-state index is 12.1. The predicted octanol–water partition coefficient (Wildman–Crippen LogP) is 3.59. The number of ketones is 1. The van der Waals surface area contributed by atoms with Crippen molar-refractivity contribution in [2.75, 3.05) is 0 Å². The van der Waals surface area contributed by atoms with Gasteiger partial charge in [0.15, 0.2) is 5.78 Å². The zero-order chi connectivity index (χ0) is 16.9. The van der Waals surface area contributed by atoms with Crippen molar-refractivity contribution in [2.24, 2.45) is 0 Å². The molecule has 2 aromatic rings. The van der Waals surface area contributed by atoms with Crippen molar-refractivity contribution >= 4 is 11.8 Å². The summed E-state index contributed by atoms with van der Waals surface area (Å²) < 4.78 is 5.15. The molecule has 4 nitrogen and oxygen atoms in total. The van der Waals surface area contributed by atoms with Crippen molar-refractivity contribution in [2.45, 2.75) is 39.2 Å². The molecule has 0 aliphatic rings. The summed E-state index contributed by atoms with van der Waals surface area (Å²) in [6, 6.07) is 13.5. The van der Waals surface area contributed by atoms with Gasteiger partial charge in [0.2, 0.25) is 0 Å². The van der Waals surface area contributed by atoms with Gasteiger partial charge in [-0.2, -0.15) is 0 Å². The first-order valence-corrected chi connectivity index (χ1v) is 7.57. The number of ether oxygens (including phenoxy) is 1. The Balaban J connectivity index is 1.96. The van der Waals surface area contributed by atoms with Gasteiger partial charge in [-0.05, 0) is 38.5 Å². The van der Waals surface area contributed by atoms with E-state index in [0.29, 0.717) is 12.0 Å². The smallest absolute Gasteiger partial charge is 0.314 e. The van der Waals surface area contributed by atoms with Gasteiger partial charge in [-0.25, -0.2) is 0 Å². The fourth-order valence-electron chi connectivity index (χ4n) is 2.11. The number of nitrogens with zero attached hydrogens (tertiary/aromatic N) is 1. The van der Waals surface area contributed by atoms with Gasteiger partial charge in [-0.15, -0.1) is 0 Å². The van der Waals surface area contributed by atoms with Crippen LogP contribution in [0.2, 0.25) is 0 Å². The van der Waals surface area contributed by atoms with Crippen LogP contribution in [-0.4, -0.2) is 22.3 Å². The summed E-state index contributed by atoms with van der Waals surface area (Å²) in [6.07, 6.45) is 1.96. The molecule has 0 saturated heterocycles. The normalized spacial score (nSPS) is 11.1. The number of esters is 1. The largest absolute Gasteiger partial charge is 0.460 e. The van der Waals surface area contributed by atoms with E-state index in [1.165, 1.54) is 6.20 Å². The van der Waals surface area contributed by atoms with Crippen LogP contribution in [0.3, 0.4) is 0 Å². The first-order valence-electron chi connectivity index (χ1n) is 7.57. The Kier molecular flexibility index (Phi) is 5.27. The molecule has 0 bridgehead atoms. The molecule has 0 aliphatic heterocycles. The van der Waals surface area contributed by atoms with Crippen molar-refractivity contribution in [1.82, 2.24) is 4.98 Å². The average Bonchev–Trinajstić information content (AvgIpc) is 2.47. The molecule has 0 saturated carbocycles. The highest BCUT2D eigenvalue weighted by Crippen LogP contribution is 2.12. The molecule has 0 spiro atoms. The Morgan fingerprint density at radius 1 is 1.04 bits per heavy atom. The zero-order valence-electron chi connectivity index (χ0n) is 13.7. The lowest BCUT2D eigenvalue weighted by Gasteiger charge is -2.19. The SMILES string of the molecule is CC(C)(C)OC(=O)CC(=O)c1ccc(Cc2ccccc2)nc1. The number of rotatable bonds is 5. The van der Waals surface area contributed by atoms with Crippen molar-refractivity contribution in [1.29, 1.82) is 0 Å². The third kappa shape index (κ3) is 5.66. The minimum absolute atomic E-state index is 0.267. The lowest BCUT2D eigenvalue weighted by atomic mass is 10.1. The van der Waals surface area contributed by atoms with Crippen LogP contribution < -0.4 is 0 Å². The van der Waals surface area contributed by atoms with E-state index in [0.717, 1.165) is 11.3 Å². The fraction of sp³-hybridized carbons (Fsp3) is 0.316. The summed E-state index contributed by atoms with van der Waals surface area (Å²) in [5.41, 5.74) is 1.88. The van der Waals surface area contributed by atoms with Gasteiger partial charge in [0.1, 0.15) is 12.0 Å². The predicted molar refractivity (Wildman–Crippen MR) is 88.3 cm³/mol. The molecule has 0 aliphatic carbocycles. The van der Waals surface area contributed by atoms with Crippen LogP contribution in [-0.2, 0) is 16.0 Å². The molecule has 0 fully saturated rings. The molecule has 0 amide bonds. The van der Waals surface area contributed by atoms with Gasteiger partial charge >= 0.3 is 5.97 Å². The molecule has 1 heterocycles. The molecule has 120 valence electrons. The van der Waals surface area contributed by atoms with Crippen LogP contribution in [0.25, 0.3) is 0 Å². The molecular formula is C19H21NO3. The highest BCUT2D eigenvalue weighted by Gasteiger charge is 2.19. The Bertz CT molecular complexity index is 670. The summed E-state index contributed by atoms with van der Waals surface area (Å²) in [6.45, 7) is 5.32. The second kappa shape index (κ2) is 7.18. The van der Waals surface area contributed by atoms with Crippen LogP contribution in [0.15, 0.2) is 48.7 Å². The van der Waals surface area contributed by atoms with E-state index in [4.69, 9.17) is 4.74 Å². The van der Waals surface area contributed by atoms with E-state index < -0.39 is 11.6 Å². The molecular weight excluding hydrogens is 290 g/mol. The minimum Gasteiger partial charge on any atom is -0.460 e. The topological polar surface area (TPSA) is 56.3 Å². The number of hydrogen-bond donors (Lipinski definition) is 0. The van der Waals surface area contributed by atoms with Crippen LogP contribution >= 0.6 is 0 Å². The van der Waals surface area contributed by atoms with Gasteiger partial charge < -0.3 is 4.74 Å². The van der Waals surface area contributed by atoms with Crippen LogP contribution in [0.1, 0.15) is 48.8 Å². The second-order valence-corrected chi connectivity index (χ2v) is 6.39. The standard InChI is InChI=1S/C19H21NO3/c1-19(2,3)23-18(22)12-17(21)15-9-10-16(20-13-15)11-14-7-5-4-6-8-14/h4-10,13H,11-12H2,1-3H3. The van der Waals surface area contributed by atoms with Crippen molar-refractivity contribution in [3.63, 3.8) is 0 Å². The highest BCUT2D eigenvalue weighted by atomic mass is 16.6. The number of aromatic nitrogens is 1. The summed E-state index contributed by atoms with van der Waals surface area (Å²) in [5, 5.41) is 0. The lowest BCUT2D eigenvalue weighted by Crippen LogP contribution is -2.25. The summed E-state index contributed by atoms with van der Waals surface area (Å²) in [5.74, 6) is -0.797. The summed E-state index contributed by atoms with van der Waals surface area (Å²) in [4.78, 5) is 28.1. The van der Waals surface area contributed by atoms with Crippen molar-refractivity contribution in [3.8, 4) is 0 Å². The zero-order valence-corrected chi connectivity index (χ0v) is 13.7.